The number of aliphatic hydroxyl groups excluding tert-OH is 1. The van der Waals surface area contributed by atoms with Gasteiger partial charge < -0.3 is 76.8 Å². The zero-order chi connectivity index (χ0) is 72.4. The van der Waals surface area contributed by atoms with E-state index in [1.807, 2.05) is 32.0 Å². The number of benzene rings is 2. The lowest BCUT2D eigenvalue weighted by Gasteiger charge is -2.41. The maximum absolute atomic E-state index is 14.8. The number of carboxylic acids is 1. The fourth-order valence-corrected chi connectivity index (χ4v) is 12.8. The van der Waals surface area contributed by atoms with E-state index in [4.69, 9.17) is 19.9 Å². The molecule has 27 heteroatoms. The van der Waals surface area contributed by atoms with Crippen molar-refractivity contribution in [2.24, 2.45) is 41.2 Å². The number of piperidine rings is 1. The molecule has 0 saturated carbocycles. The number of carbonyl (C=O) groups excluding carboxylic acids is 10. The van der Waals surface area contributed by atoms with Gasteiger partial charge in [-0.3, -0.25) is 48.1 Å². The largest absolute Gasteiger partial charge is 0.481 e. The Morgan fingerprint density at radius 3 is 1.88 bits per heavy atom. The molecule has 97 heavy (non-hydrogen) atoms. The first-order chi connectivity index (χ1) is 45.9. The number of hydrogen-bond acceptors (Lipinski definition) is 15. The summed E-state index contributed by atoms with van der Waals surface area (Å²) < 4.78 is 17.8. The van der Waals surface area contributed by atoms with Crippen LogP contribution in [0.5, 0.6) is 0 Å². The molecule has 2 aromatic rings. The van der Waals surface area contributed by atoms with Crippen molar-refractivity contribution in [2.45, 2.75) is 213 Å². The molecule has 0 aliphatic carbocycles. The quantitative estimate of drug-likeness (QED) is 0.0376. The van der Waals surface area contributed by atoms with E-state index in [9.17, 15) is 63.0 Å². The molecule has 2 saturated heterocycles. The average Bonchev–Trinajstić information content (AvgIpc) is 1.80. The number of ether oxygens (including phenoxy) is 3. The molecule has 0 spiro atoms. The first-order valence-corrected chi connectivity index (χ1v) is 34.3. The van der Waals surface area contributed by atoms with Crippen LogP contribution < -0.4 is 37.6 Å². The summed E-state index contributed by atoms with van der Waals surface area (Å²) in [6.07, 6.45) is 0.699. The van der Waals surface area contributed by atoms with Gasteiger partial charge in [0.25, 0.3) is 0 Å². The van der Waals surface area contributed by atoms with Gasteiger partial charge in [0, 0.05) is 73.0 Å². The van der Waals surface area contributed by atoms with E-state index in [0.29, 0.717) is 81.4 Å². The van der Waals surface area contributed by atoms with Crippen molar-refractivity contribution < 1.29 is 77.2 Å². The number of methoxy groups -OCH3 is 2. The molecule has 2 fully saturated rings. The van der Waals surface area contributed by atoms with E-state index in [1.165, 1.54) is 26.2 Å². The average molecular weight is 1360 g/mol. The minimum absolute atomic E-state index is 0.0385. The number of carbonyl (C=O) groups is 11. The van der Waals surface area contributed by atoms with Gasteiger partial charge in [0.2, 0.25) is 47.3 Å². The van der Waals surface area contributed by atoms with Gasteiger partial charge in [0.15, 0.2) is 0 Å². The van der Waals surface area contributed by atoms with E-state index in [1.54, 1.807) is 114 Å². The Labute approximate surface area is 572 Å². The van der Waals surface area contributed by atoms with Crippen molar-refractivity contribution in [3.63, 3.8) is 0 Å². The molecule has 12 atom stereocenters. The number of aliphatic hydroxyl groups is 1. The van der Waals surface area contributed by atoms with Gasteiger partial charge in [-0.25, -0.2) is 9.59 Å². The number of likely N-dealkylation sites (tertiary alicyclic amines) is 2. The van der Waals surface area contributed by atoms with Gasteiger partial charge in [-0.05, 0) is 105 Å². The van der Waals surface area contributed by atoms with Gasteiger partial charge in [-0.15, -0.1) is 0 Å². The monoisotopic (exact) mass is 1360 g/mol. The molecule has 27 nitrogen and oxygen atoms in total. The molecule has 542 valence electrons. The van der Waals surface area contributed by atoms with Crippen molar-refractivity contribution in [1.82, 2.24) is 46.2 Å². The Hall–Kier alpha value is -7.91. The number of nitrogens with two attached hydrogens (primary N) is 1. The lowest BCUT2D eigenvalue weighted by atomic mass is 9.89. The highest BCUT2D eigenvalue weighted by Gasteiger charge is 2.44. The van der Waals surface area contributed by atoms with Crippen molar-refractivity contribution in [2.75, 3.05) is 59.8 Å². The normalized spacial score (nSPS) is 17.6. The standard InChI is InChI=1S/C70H111N11O16/c1-15-44(8)60(53(95-13)39-56(84)81-36-22-26-52(81)62(96-14)45(9)63(86)73-46(10)61(85)48-23-17-16-18-24-48)78(11)67(90)58(42(4)5)77-66(89)59(43(6)7)79(12)70(94)97-40-47-29-31-50(32-30-47)74-64(87)51(25-21-35-72-69(71)93)75-65(88)57(41(2)3)76-54(82)27-19-20-28-55(83)80-37-33-49(34-38-80)68(91)92/h16-18,23-24,29-32,41-46,49,51-53,57-62,85H,15,19-22,25-28,33-40H2,1-14H3,(H,73,86)(H,74,87)(H,75,88)(H,76,82)(H,77,89)(H,91,92)(H3,71,72,93)/t44-,45+,46+,51-,52-,53+,57-,58-,59-,60-,61+,62+/m0/s1. The zero-order valence-corrected chi connectivity index (χ0v) is 59.4. The first-order valence-electron chi connectivity index (χ1n) is 34.3. The maximum Gasteiger partial charge on any atom is 0.410 e. The molecule has 0 unspecified atom stereocenters. The molecule has 0 radical (unpaired) electrons. The van der Waals surface area contributed by atoms with Crippen LogP contribution in [0.25, 0.3) is 0 Å². The number of amides is 11. The number of anilines is 1. The predicted molar refractivity (Wildman–Crippen MR) is 364 cm³/mol. The summed E-state index contributed by atoms with van der Waals surface area (Å²) in [6, 6.07) is 8.67. The molecule has 10 N–H and O–H groups in total. The van der Waals surface area contributed by atoms with E-state index >= 15 is 0 Å². The highest BCUT2D eigenvalue weighted by molar-refractivity contribution is 5.98. The lowest BCUT2D eigenvalue weighted by molar-refractivity contribution is -0.148. The molecule has 2 aliphatic rings. The van der Waals surface area contributed by atoms with Crippen LogP contribution in [0.3, 0.4) is 0 Å². The van der Waals surface area contributed by atoms with Crippen LogP contribution in [-0.4, -0.2) is 204 Å². The van der Waals surface area contributed by atoms with Crippen LogP contribution in [-0.2, 0) is 64.0 Å². The number of primary amides is 1. The molecule has 11 amide bonds. The Morgan fingerprint density at radius 2 is 1.31 bits per heavy atom. The van der Waals surface area contributed by atoms with Crippen LogP contribution in [0.15, 0.2) is 54.6 Å². The number of rotatable bonds is 38. The summed E-state index contributed by atoms with van der Waals surface area (Å²) in [5.74, 6) is -6.79. The number of urea groups is 1. The number of carboxylic acid groups (broad SMARTS) is 1. The van der Waals surface area contributed by atoms with E-state index in [2.05, 4.69) is 31.9 Å². The van der Waals surface area contributed by atoms with Crippen LogP contribution >= 0.6 is 0 Å². The summed E-state index contributed by atoms with van der Waals surface area (Å²) in [5, 5.41) is 36.9. The molecule has 4 rings (SSSR count). The van der Waals surface area contributed by atoms with Crippen molar-refractivity contribution >= 4 is 71.0 Å². The predicted octanol–water partition coefficient (Wildman–Crippen LogP) is 5.48. The first kappa shape index (κ1) is 81.5. The molecule has 2 heterocycles. The SMILES string of the molecule is CC[C@H](C)[C@@H]([C@@H](CC(=O)N1CCC[C@H]1[C@H](OC)[C@@H](C)C(=O)N[C@H](C)[C@@H](O)c1ccccc1)OC)N(C)C(=O)[C@@H](NC(=O)[C@H](C(C)C)N(C)C(=O)OCc1ccc(NC(=O)[C@H](CCCNC(N)=O)NC(=O)[C@@H](NC(=O)CCCCC(=O)N2CCC(C(=O)O)CC2)C(C)C)cc1)C(C)C. The smallest absolute Gasteiger partial charge is 0.410 e. The Bertz CT molecular complexity index is 2910. The Kier molecular flexibility index (Phi) is 33.7. The van der Waals surface area contributed by atoms with Crippen molar-refractivity contribution in [1.29, 1.82) is 0 Å². The summed E-state index contributed by atoms with van der Waals surface area (Å²) in [7, 11) is 6.07. The third-order valence-electron chi connectivity index (χ3n) is 18.8. The second-order valence-corrected chi connectivity index (χ2v) is 27.0. The number of likely N-dealkylation sites (N-methyl/N-ethyl adjacent to an activating group) is 2. The third kappa shape index (κ3) is 24.5. The lowest BCUT2D eigenvalue weighted by Crippen LogP contribution is -2.60. The Balaban J connectivity index is 1.36. The van der Waals surface area contributed by atoms with Gasteiger partial charge in [0.1, 0.15) is 30.8 Å². The third-order valence-corrected chi connectivity index (χ3v) is 18.8. The van der Waals surface area contributed by atoms with Gasteiger partial charge in [0.05, 0.1) is 54.7 Å². The van der Waals surface area contributed by atoms with Gasteiger partial charge in [-0.2, -0.15) is 0 Å². The highest BCUT2D eigenvalue weighted by atomic mass is 16.6. The van der Waals surface area contributed by atoms with E-state index < -0.39 is 138 Å². The summed E-state index contributed by atoms with van der Waals surface area (Å²) in [5.41, 5.74) is 6.77. The van der Waals surface area contributed by atoms with Crippen LogP contribution in [0, 0.1) is 35.5 Å². The van der Waals surface area contributed by atoms with Crippen LogP contribution in [0.4, 0.5) is 15.3 Å². The van der Waals surface area contributed by atoms with E-state index in [0.717, 1.165) is 0 Å². The molecule has 0 aromatic heterocycles. The number of nitrogens with zero attached hydrogens (tertiary/aromatic N) is 4. The number of unbranched alkanes of at least 4 members (excludes halogenated alkanes) is 1. The van der Waals surface area contributed by atoms with E-state index in [-0.39, 0.29) is 68.9 Å². The second-order valence-electron chi connectivity index (χ2n) is 27.0. The summed E-state index contributed by atoms with van der Waals surface area (Å²) in [4.78, 5) is 154. The van der Waals surface area contributed by atoms with Gasteiger partial charge >= 0.3 is 18.1 Å². The van der Waals surface area contributed by atoms with Gasteiger partial charge in [-0.1, -0.05) is 111 Å². The molecular formula is C70H111N11O16. The van der Waals surface area contributed by atoms with Crippen LogP contribution in [0.1, 0.15) is 164 Å². The topological polar surface area (TPSA) is 367 Å². The fraction of sp³-hybridized carbons (Fsp3) is 0.671. The summed E-state index contributed by atoms with van der Waals surface area (Å²) >= 11 is 0. The fourth-order valence-electron chi connectivity index (χ4n) is 12.8. The van der Waals surface area contributed by atoms with Crippen molar-refractivity contribution in [3.05, 3.63) is 65.7 Å². The number of hydrogen-bond donors (Lipinski definition) is 9. The number of aliphatic carboxylic acids is 1. The molecule has 0 bridgehead atoms. The number of nitrogens with one attached hydrogen (secondary N) is 6. The second kappa shape index (κ2) is 40.1. The zero-order valence-electron chi connectivity index (χ0n) is 59.4. The summed E-state index contributed by atoms with van der Waals surface area (Å²) in [6.45, 7) is 19.1. The molecule has 2 aromatic carbocycles. The maximum atomic E-state index is 14.8. The molecule has 2 aliphatic heterocycles. The Morgan fingerprint density at radius 1 is 0.680 bits per heavy atom. The highest BCUT2D eigenvalue weighted by Crippen LogP contribution is 2.31. The van der Waals surface area contributed by atoms with Crippen LogP contribution in [0.2, 0.25) is 0 Å². The minimum Gasteiger partial charge on any atom is -0.481 e. The van der Waals surface area contributed by atoms with Crippen molar-refractivity contribution in [3.8, 4) is 0 Å². The molecular weight excluding hydrogens is 1250 g/mol. The minimum atomic E-state index is -1.13.